The number of Topliss-reactive ketones (excluding diaryl/α,β-unsaturated/α-hetero) is 1. The smallest absolute Gasteiger partial charge is 0.230 e. The number of ketones is 1. The number of carbonyl (C=O) groups is 2. The van der Waals surface area contributed by atoms with Crippen molar-refractivity contribution in [1.29, 1.82) is 0 Å². The van der Waals surface area contributed by atoms with Crippen LogP contribution >= 0.6 is 0 Å². The number of azide groups is 1. The van der Waals surface area contributed by atoms with Crippen LogP contribution in [0.25, 0.3) is 10.4 Å². The summed E-state index contributed by atoms with van der Waals surface area (Å²) in [7, 11) is 1.47. The molecule has 2 heterocycles. The minimum atomic E-state index is -0.601. The fourth-order valence-electron chi connectivity index (χ4n) is 4.11. The summed E-state index contributed by atoms with van der Waals surface area (Å²) in [6, 6.07) is 9.24. The zero-order chi connectivity index (χ0) is 18.7. The van der Waals surface area contributed by atoms with Gasteiger partial charge in [-0.25, -0.2) is 0 Å². The highest BCUT2D eigenvalue weighted by Gasteiger charge is 2.52. The molecular formula is C19H22N4O3. The standard InChI is InChI=1S/C19H22N4O3/c1-12-14-11-15(26-2)18(24)17(16(12)13-7-4-3-5-8-13)23(19(14)25)10-6-9-21-22-20/h3-5,7-8,11-12,14,16-17H,6,9-10H2,1-2H3/t12-,14-,16-,17-/m0/s1. The van der Waals surface area contributed by atoms with E-state index in [1.807, 2.05) is 37.3 Å². The number of nitrogens with zero attached hydrogens (tertiary/aromatic N) is 4. The molecule has 26 heavy (non-hydrogen) atoms. The van der Waals surface area contributed by atoms with Gasteiger partial charge in [-0.3, -0.25) is 9.59 Å². The number of hydrogen-bond donors (Lipinski definition) is 0. The second kappa shape index (κ2) is 7.62. The average molecular weight is 354 g/mol. The molecule has 136 valence electrons. The molecule has 0 radical (unpaired) electrons. The molecule has 1 fully saturated rings. The molecule has 2 bridgehead atoms. The number of methoxy groups -OCH3 is 1. The summed E-state index contributed by atoms with van der Waals surface area (Å²) in [6.07, 6.45) is 2.20. The van der Waals surface area contributed by atoms with Crippen LogP contribution in [0, 0.1) is 11.8 Å². The van der Waals surface area contributed by atoms with Crippen LogP contribution < -0.4 is 0 Å². The fourth-order valence-corrected chi connectivity index (χ4v) is 4.11. The highest BCUT2D eigenvalue weighted by Crippen LogP contribution is 2.45. The van der Waals surface area contributed by atoms with E-state index in [1.165, 1.54) is 7.11 Å². The van der Waals surface area contributed by atoms with Crippen LogP contribution in [0.1, 0.15) is 24.8 Å². The van der Waals surface area contributed by atoms with E-state index in [0.717, 1.165) is 5.56 Å². The maximum Gasteiger partial charge on any atom is 0.230 e. The number of hydrogen-bond acceptors (Lipinski definition) is 4. The van der Waals surface area contributed by atoms with E-state index in [9.17, 15) is 9.59 Å². The Morgan fingerprint density at radius 1 is 1.27 bits per heavy atom. The van der Waals surface area contributed by atoms with Gasteiger partial charge in [0.05, 0.1) is 13.0 Å². The van der Waals surface area contributed by atoms with E-state index in [0.29, 0.717) is 19.5 Å². The second-order valence-corrected chi connectivity index (χ2v) is 6.71. The molecule has 0 N–H and O–H groups in total. The summed E-state index contributed by atoms with van der Waals surface area (Å²) >= 11 is 0. The molecule has 0 unspecified atom stereocenters. The number of rotatable bonds is 6. The lowest BCUT2D eigenvalue weighted by Crippen LogP contribution is -2.56. The lowest BCUT2D eigenvalue weighted by molar-refractivity contribution is -0.148. The van der Waals surface area contributed by atoms with Crippen molar-refractivity contribution in [2.45, 2.75) is 25.3 Å². The molecule has 7 heteroatoms. The van der Waals surface area contributed by atoms with E-state index in [1.54, 1.807) is 11.0 Å². The fraction of sp³-hybridized carbons (Fsp3) is 0.474. The first kappa shape index (κ1) is 18.0. The first-order valence-electron chi connectivity index (χ1n) is 8.76. The summed E-state index contributed by atoms with van der Waals surface area (Å²) in [6.45, 7) is 2.69. The summed E-state index contributed by atoms with van der Waals surface area (Å²) < 4.78 is 5.30. The molecule has 1 amide bonds. The van der Waals surface area contributed by atoms with Crippen LogP contribution in [0.4, 0.5) is 0 Å². The topological polar surface area (TPSA) is 95.4 Å². The Morgan fingerprint density at radius 2 is 2.00 bits per heavy atom. The summed E-state index contributed by atoms with van der Waals surface area (Å²) in [5.74, 6) is -0.482. The van der Waals surface area contributed by atoms with Crippen molar-refractivity contribution >= 4 is 11.7 Å². The molecular weight excluding hydrogens is 332 g/mol. The number of piperidine rings is 1. The van der Waals surface area contributed by atoms with E-state index in [-0.39, 0.29) is 29.3 Å². The Bertz CT molecular complexity index is 770. The average Bonchev–Trinajstić information content (AvgIpc) is 2.83. The predicted molar refractivity (Wildman–Crippen MR) is 96.1 cm³/mol. The monoisotopic (exact) mass is 354 g/mol. The van der Waals surface area contributed by atoms with Crippen LogP contribution in [0.3, 0.4) is 0 Å². The molecule has 1 aromatic rings. The summed E-state index contributed by atoms with van der Waals surface area (Å²) in [4.78, 5) is 30.6. The molecule has 1 aliphatic carbocycles. The molecule has 3 aliphatic rings. The maximum atomic E-state index is 13.1. The van der Waals surface area contributed by atoms with Crippen molar-refractivity contribution in [3.05, 3.63) is 58.2 Å². The van der Waals surface area contributed by atoms with Crippen LogP contribution in [0.2, 0.25) is 0 Å². The summed E-state index contributed by atoms with van der Waals surface area (Å²) in [5, 5.41) is 3.53. The van der Waals surface area contributed by atoms with Gasteiger partial charge in [-0.05, 0) is 29.5 Å². The van der Waals surface area contributed by atoms with Crippen molar-refractivity contribution in [3.63, 3.8) is 0 Å². The van der Waals surface area contributed by atoms with Gasteiger partial charge >= 0.3 is 0 Å². The quantitative estimate of drug-likeness (QED) is 0.340. The number of fused-ring (bicyclic) bond motifs is 3. The van der Waals surface area contributed by atoms with E-state index >= 15 is 0 Å². The van der Waals surface area contributed by atoms with E-state index in [4.69, 9.17) is 10.3 Å². The molecule has 1 saturated heterocycles. The number of benzene rings is 1. The zero-order valence-corrected chi connectivity index (χ0v) is 14.9. The van der Waals surface area contributed by atoms with Crippen molar-refractivity contribution in [2.24, 2.45) is 17.0 Å². The van der Waals surface area contributed by atoms with Gasteiger partial charge in [0.1, 0.15) is 6.04 Å². The van der Waals surface area contributed by atoms with Crippen molar-refractivity contribution in [2.75, 3.05) is 20.2 Å². The molecule has 4 atom stereocenters. The van der Waals surface area contributed by atoms with E-state index in [2.05, 4.69) is 10.0 Å². The normalized spacial score (nSPS) is 27.6. The molecule has 4 rings (SSSR count). The highest BCUT2D eigenvalue weighted by atomic mass is 16.5. The Hall–Kier alpha value is -2.79. The van der Waals surface area contributed by atoms with Crippen LogP contribution in [-0.2, 0) is 14.3 Å². The van der Waals surface area contributed by atoms with Gasteiger partial charge in [0.15, 0.2) is 5.76 Å². The van der Waals surface area contributed by atoms with Crippen LogP contribution in [-0.4, -0.2) is 42.8 Å². The molecule has 7 nitrogen and oxygen atoms in total. The molecule has 0 saturated carbocycles. The van der Waals surface area contributed by atoms with Crippen LogP contribution in [0.5, 0.6) is 0 Å². The third-order valence-electron chi connectivity index (χ3n) is 5.34. The number of amides is 1. The largest absolute Gasteiger partial charge is 0.493 e. The van der Waals surface area contributed by atoms with Gasteiger partial charge in [0.2, 0.25) is 11.7 Å². The lowest BCUT2D eigenvalue weighted by atomic mass is 9.71. The first-order valence-corrected chi connectivity index (χ1v) is 8.76. The number of carbonyl (C=O) groups excluding carboxylic acids is 2. The third-order valence-corrected chi connectivity index (χ3v) is 5.34. The summed E-state index contributed by atoms with van der Waals surface area (Å²) in [5.41, 5.74) is 9.48. The predicted octanol–water partition coefficient (Wildman–Crippen LogP) is 3.05. The zero-order valence-electron chi connectivity index (χ0n) is 14.9. The van der Waals surface area contributed by atoms with Crippen molar-refractivity contribution < 1.29 is 14.3 Å². The van der Waals surface area contributed by atoms with Crippen molar-refractivity contribution in [3.8, 4) is 0 Å². The van der Waals surface area contributed by atoms with Gasteiger partial charge in [-0.1, -0.05) is 42.4 Å². The Labute approximate surface area is 152 Å². The lowest BCUT2D eigenvalue weighted by Gasteiger charge is -2.45. The van der Waals surface area contributed by atoms with Crippen LogP contribution in [0.15, 0.2) is 47.3 Å². The van der Waals surface area contributed by atoms with Gasteiger partial charge in [-0.15, -0.1) is 0 Å². The minimum absolute atomic E-state index is 0.0140. The highest BCUT2D eigenvalue weighted by molar-refractivity contribution is 6.04. The van der Waals surface area contributed by atoms with Gasteiger partial charge in [0.25, 0.3) is 0 Å². The van der Waals surface area contributed by atoms with Gasteiger partial charge in [-0.2, -0.15) is 0 Å². The Kier molecular flexibility index (Phi) is 5.28. The SMILES string of the molecule is COC1=C[C@@H]2C(=O)N(CCCN=[N+]=[N-])[C@H](C1=O)[C@H](c1ccccc1)[C@H]2C. The Morgan fingerprint density at radius 3 is 2.65 bits per heavy atom. The molecule has 0 aromatic heterocycles. The van der Waals surface area contributed by atoms with Gasteiger partial charge in [0, 0.05) is 23.9 Å². The number of ether oxygens (including phenoxy) is 1. The first-order chi connectivity index (χ1) is 12.6. The third kappa shape index (κ3) is 3.06. The van der Waals surface area contributed by atoms with Crippen molar-refractivity contribution in [1.82, 2.24) is 4.90 Å². The Balaban J connectivity index is 2.01. The minimum Gasteiger partial charge on any atom is -0.493 e. The maximum absolute atomic E-state index is 13.1. The van der Waals surface area contributed by atoms with Gasteiger partial charge < -0.3 is 9.64 Å². The van der Waals surface area contributed by atoms with E-state index < -0.39 is 12.0 Å². The molecule has 1 aromatic carbocycles. The molecule has 0 spiro atoms. The molecule has 2 aliphatic heterocycles. The second-order valence-electron chi connectivity index (χ2n) is 6.71.